The summed E-state index contributed by atoms with van der Waals surface area (Å²) in [5.74, 6) is 1.06. The van der Waals surface area contributed by atoms with Crippen LogP contribution in [0, 0.1) is 11.8 Å². The lowest BCUT2D eigenvalue weighted by atomic mass is 10.1. The molecule has 0 bridgehead atoms. The summed E-state index contributed by atoms with van der Waals surface area (Å²) >= 11 is 0. The molecule has 4 nitrogen and oxygen atoms in total. The predicted molar refractivity (Wildman–Crippen MR) is 94.8 cm³/mol. The van der Waals surface area contributed by atoms with Gasteiger partial charge in [-0.2, -0.15) is 0 Å². The summed E-state index contributed by atoms with van der Waals surface area (Å²) in [6.07, 6.45) is 6.42. The van der Waals surface area contributed by atoms with Gasteiger partial charge < -0.3 is 9.67 Å². The van der Waals surface area contributed by atoms with Crippen LogP contribution in [0.3, 0.4) is 0 Å². The number of hydrogen-bond acceptors (Lipinski definition) is 3. The van der Waals surface area contributed by atoms with E-state index >= 15 is 0 Å². The SMILES string of the molecule is CC(C)CN(Cc1cc(=O)c(O)cn1C1CCCC1)CC(C)C. The lowest BCUT2D eigenvalue weighted by Crippen LogP contribution is -2.33. The Hall–Kier alpha value is -1.29. The smallest absolute Gasteiger partial charge is 0.223 e. The van der Waals surface area contributed by atoms with Crippen molar-refractivity contribution in [3.8, 4) is 5.75 Å². The molecule has 1 aliphatic rings. The Bertz CT molecular complexity index is 547. The van der Waals surface area contributed by atoms with Crippen molar-refractivity contribution in [2.75, 3.05) is 13.1 Å². The van der Waals surface area contributed by atoms with Crippen molar-refractivity contribution in [2.24, 2.45) is 11.8 Å². The Morgan fingerprint density at radius 1 is 1.17 bits per heavy atom. The second kappa shape index (κ2) is 8.00. The molecule has 1 aliphatic carbocycles. The highest BCUT2D eigenvalue weighted by atomic mass is 16.3. The summed E-state index contributed by atoms with van der Waals surface area (Å²) in [5.41, 5.74) is 0.782. The van der Waals surface area contributed by atoms with Crippen LogP contribution >= 0.6 is 0 Å². The quantitative estimate of drug-likeness (QED) is 0.831. The van der Waals surface area contributed by atoms with Gasteiger partial charge in [-0.25, -0.2) is 0 Å². The highest BCUT2D eigenvalue weighted by molar-refractivity contribution is 5.21. The third-order valence-electron chi connectivity index (χ3n) is 4.49. The first-order chi connectivity index (χ1) is 10.9. The van der Waals surface area contributed by atoms with Crippen molar-refractivity contribution in [3.63, 3.8) is 0 Å². The number of aromatic nitrogens is 1. The molecule has 0 amide bonds. The Morgan fingerprint density at radius 2 is 1.74 bits per heavy atom. The Labute approximate surface area is 140 Å². The summed E-state index contributed by atoms with van der Waals surface area (Å²) < 4.78 is 2.16. The normalized spacial score (nSPS) is 16.1. The van der Waals surface area contributed by atoms with E-state index in [0.717, 1.165) is 38.2 Å². The fourth-order valence-electron chi connectivity index (χ4n) is 3.69. The van der Waals surface area contributed by atoms with Gasteiger partial charge in [-0.1, -0.05) is 40.5 Å². The predicted octanol–water partition coefficient (Wildman–Crippen LogP) is 3.78. The molecule has 1 N–H and O–H groups in total. The molecule has 0 atom stereocenters. The van der Waals surface area contributed by atoms with E-state index in [0.29, 0.717) is 17.9 Å². The van der Waals surface area contributed by atoms with E-state index in [-0.39, 0.29) is 11.2 Å². The molecule has 0 unspecified atom stereocenters. The number of hydrogen-bond donors (Lipinski definition) is 1. The maximum absolute atomic E-state index is 12.0. The zero-order valence-corrected chi connectivity index (χ0v) is 15.1. The van der Waals surface area contributed by atoms with Crippen LogP contribution in [0.4, 0.5) is 0 Å². The molecule has 4 heteroatoms. The molecule has 1 aromatic heterocycles. The van der Waals surface area contributed by atoms with Gasteiger partial charge in [0, 0.05) is 37.4 Å². The van der Waals surface area contributed by atoms with E-state index < -0.39 is 0 Å². The van der Waals surface area contributed by atoms with Gasteiger partial charge >= 0.3 is 0 Å². The third-order valence-corrected chi connectivity index (χ3v) is 4.49. The van der Waals surface area contributed by atoms with Gasteiger partial charge in [-0.15, -0.1) is 0 Å². The van der Waals surface area contributed by atoms with Crippen molar-refractivity contribution in [3.05, 3.63) is 28.2 Å². The Balaban J connectivity index is 2.27. The minimum absolute atomic E-state index is 0.125. The van der Waals surface area contributed by atoms with Gasteiger partial charge in [0.15, 0.2) is 5.75 Å². The standard InChI is InChI=1S/C19H32N2O2/c1-14(2)10-20(11-15(3)4)12-17-9-18(22)19(23)13-21(17)16-7-5-6-8-16/h9,13-16,23H,5-8,10-12H2,1-4H3. The Kier molecular flexibility index (Phi) is 6.28. The molecule has 130 valence electrons. The molecule has 23 heavy (non-hydrogen) atoms. The summed E-state index contributed by atoms with van der Waals surface area (Å²) in [6.45, 7) is 11.8. The van der Waals surface area contributed by atoms with E-state index in [1.165, 1.54) is 12.8 Å². The fraction of sp³-hybridized carbons (Fsp3) is 0.737. The molecule has 1 heterocycles. The van der Waals surface area contributed by atoms with Crippen molar-refractivity contribution < 1.29 is 5.11 Å². The monoisotopic (exact) mass is 320 g/mol. The summed E-state index contributed by atoms with van der Waals surface area (Å²) in [5, 5.41) is 9.86. The molecular formula is C19H32N2O2. The van der Waals surface area contributed by atoms with Crippen LogP contribution in [-0.2, 0) is 6.54 Å². The van der Waals surface area contributed by atoms with E-state index in [1.807, 2.05) is 0 Å². The summed E-state index contributed by atoms with van der Waals surface area (Å²) in [4.78, 5) is 14.4. The van der Waals surface area contributed by atoms with Gasteiger partial charge in [-0.05, 0) is 24.7 Å². The highest BCUT2D eigenvalue weighted by Gasteiger charge is 2.21. The molecule has 0 aromatic carbocycles. The first-order valence-corrected chi connectivity index (χ1v) is 9.03. The molecule has 0 saturated heterocycles. The molecule has 1 saturated carbocycles. The highest BCUT2D eigenvalue weighted by Crippen LogP contribution is 2.31. The number of aromatic hydroxyl groups is 1. The van der Waals surface area contributed by atoms with Gasteiger partial charge in [0.1, 0.15) is 0 Å². The first-order valence-electron chi connectivity index (χ1n) is 9.03. The maximum atomic E-state index is 12.0. The second-order valence-electron chi connectivity index (χ2n) is 7.84. The first kappa shape index (κ1) is 18.1. The zero-order valence-electron chi connectivity index (χ0n) is 15.1. The van der Waals surface area contributed by atoms with Crippen molar-refractivity contribution in [1.82, 2.24) is 9.47 Å². The number of nitrogens with zero attached hydrogens (tertiary/aromatic N) is 2. The van der Waals surface area contributed by atoms with E-state index in [1.54, 1.807) is 12.3 Å². The van der Waals surface area contributed by atoms with Gasteiger partial charge in [0.2, 0.25) is 5.43 Å². The Morgan fingerprint density at radius 3 is 2.26 bits per heavy atom. The van der Waals surface area contributed by atoms with E-state index in [2.05, 4.69) is 37.2 Å². The average Bonchev–Trinajstić information content (AvgIpc) is 2.95. The van der Waals surface area contributed by atoms with Gasteiger partial charge in [0.05, 0.1) is 6.20 Å². The van der Waals surface area contributed by atoms with Crippen LogP contribution in [0.25, 0.3) is 0 Å². The summed E-state index contributed by atoms with van der Waals surface area (Å²) in [7, 11) is 0. The van der Waals surface area contributed by atoms with E-state index in [9.17, 15) is 9.90 Å². The fourth-order valence-corrected chi connectivity index (χ4v) is 3.69. The van der Waals surface area contributed by atoms with Crippen LogP contribution in [0.1, 0.15) is 65.1 Å². The van der Waals surface area contributed by atoms with E-state index in [4.69, 9.17) is 0 Å². The molecule has 0 spiro atoms. The van der Waals surface area contributed by atoms with Crippen LogP contribution in [0.5, 0.6) is 5.75 Å². The third kappa shape index (κ3) is 5.10. The van der Waals surface area contributed by atoms with Gasteiger partial charge in [-0.3, -0.25) is 9.69 Å². The molecular weight excluding hydrogens is 288 g/mol. The van der Waals surface area contributed by atoms with Crippen LogP contribution < -0.4 is 5.43 Å². The average molecular weight is 320 g/mol. The van der Waals surface area contributed by atoms with Crippen molar-refractivity contribution in [1.29, 1.82) is 0 Å². The lowest BCUT2D eigenvalue weighted by molar-refractivity contribution is 0.204. The molecule has 0 radical (unpaired) electrons. The minimum atomic E-state index is -0.261. The largest absolute Gasteiger partial charge is 0.503 e. The minimum Gasteiger partial charge on any atom is -0.503 e. The topological polar surface area (TPSA) is 45.5 Å². The number of rotatable bonds is 7. The maximum Gasteiger partial charge on any atom is 0.223 e. The van der Waals surface area contributed by atoms with Crippen molar-refractivity contribution >= 4 is 0 Å². The van der Waals surface area contributed by atoms with Crippen LogP contribution in [0.15, 0.2) is 17.1 Å². The lowest BCUT2D eigenvalue weighted by Gasteiger charge is -2.29. The molecule has 0 aliphatic heterocycles. The van der Waals surface area contributed by atoms with Crippen molar-refractivity contribution in [2.45, 2.75) is 66.0 Å². The van der Waals surface area contributed by atoms with Crippen LogP contribution in [-0.4, -0.2) is 27.7 Å². The molecule has 1 aromatic rings. The summed E-state index contributed by atoms with van der Waals surface area (Å²) in [6, 6.07) is 2.07. The second-order valence-corrected chi connectivity index (χ2v) is 7.84. The number of pyridine rings is 1. The zero-order chi connectivity index (χ0) is 17.0. The van der Waals surface area contributed by atoms with Crippen LogP contribution in [0.2, 0.25) is 0 Å². The molecule has 1 fully saturated rings. The van der Waals surface area contributed by atoms with Gasteiger partial charge in [0.25, 0.3) is 0 Å². The molecule has 2 rings (SSSR count).